The standard InChI is InChI=1S/C12H15F2N3O2/c1-7(5-11(15)16-19)17(2)12(18)8-3-4-9(13)10(14)6-8/h3-4,6-7,19H,5H2,1-2H3,(H2,15,16). The maximum Gasteiger partial charge on any atom is 0.253 e. The van der Waals surface area contributed by atoms with E-state index < -0.39 is 17.5 Å². The lowest BCUT2D eigenvalue weighted by atomic mass is 10.1. The van der Waals surface area contributed by atoms with Crippen LogP contribution in [-0.2, 0) is 0 Å². The Labute approximate surface area is 109 Å². The fraction of sp³-hybridized carbons (Fsp3) is 0.333. The summed E-state index contributed by atoms with van der Waals surface area (Å²) in [6.07, 6.45) is 0.169. The number of halogens is 2. The lowest BCUT2D eigenvalue weighted by molar-refractivity contribution is 0.0746. The fourth-order valence-electron chi connectivity index (χ4n) is 1.51. The van der Waals surface area contributed by atoms with Crippen LogP contribution in [0.25, 0.3) is 0 Å². The summed E-state index contributed by atoms with van der Waals surface area (Å²) in [6, 6.07) is 2.58. The molecule has 7 heteroatoms. The van der Waals surface area contributed by atoms with Crippen LogP contribution in [0.2, 0.25) is 0 Å². The van der Waals surface area contributed by atoms with Gasteiger partial charge in [0.15, 0.2) is 11.6 Å². The summed E-state index contributed by atoms with van der Waals surface area (Å²) >= 11 is 0. The minimum Gasteiger partial charge on any atom is -0.409 e. The number of amides is 1. The van der Waals surface area contributed by atoms with Crippen molar-refractivity contribution in [1.29, 1.82) is 0 Å². The van der Waals surface area contributed by atoms with Crippen molar-refractivity contribution in [3.8, 4) is 0 Å². The van der Waals surface area contributed by atoms with Gasteiger partial charge in [-0.25, -0.2) is 8.78 Å². The van der Waals surface area contributed by atoms with Crippen molar-refractivity contribution in [2.45, 2.75) is 19.4 Å². The van der Waals surface area contributed by atoms with Gasteiger partial charge >= 0.3 is 0 Å². The molecule has 1 atom stereocenters. The Morgan fingerprint density at radius 2 is 2.11 bits per heavy atom. The second-order valence-electron chi connectivity index (χ2n) is 4.19. The van der Waals surface area contributed by atoms with Crippen LogP contribution in [0, 0.1) is 11.6 Å². The smallest absolute Gasteiger partial charge is 0.253 e. The number of hydrogen-bond acceptors (Lipinski definition) is 3. The number of amidine groups is 1. The Hall–Kier alpha value is -2.18. The molecule has 1 rings (SSSR count). The van der Waals surface area contributed by atoms with Gasteiger partial charge in [0, 0.05) is 25.1 Å². The van der Waals surface area contributed by atoms with Gasteiger partial charge in [-0.15, -0.1) is 0 Å². The van der Waals surface area contributed by atoms with E-state index in [4.69, 9.17) is 10.9 Å². The first-order valence-corrected chi connectivity index (χ1v) is 5.55. The van der Waals surface area contributed by atoms with Crippen molar-refractivity contribution < 1.29 is 18.8 Å². The molecule has 0 aliphatic heterocycles. The number of benzene rings is 1. The summed E-state index contributed by atoms with van der Waals surface area (Å²) in [7, 11) is 1.50. The second-order valence-corrected chi connectivity index (χ2v) is 4.19. The summed E-state index contributed by atoms with van der Waals surface area (Å²) in [6.45, 7) is 1.69. The van der Waals surface area contributed by atoms with Crippen molar-refractivity contribution in [3.63, 3.8) is 0 Å². The fourth-order valence-corrected chi connectivity index (χ4v) is 1.51. The molecule has 0 saturated carbocycles. The Morgan fingerprint density at radius 3 is 2.63 bits per heavy atom. The van der Waals surface area contributed by atoms with Crippen LogP contribution in [0.5, 0.6) is 0 Å². The van der Waals surface area contributed by atoms with Crippen molar-refractivity contribution in [2.24, 2.45) is 10.9 Å². The number of hydrogen-bond donors (Lipinski definition) is 2. The Kier molecular flexibility index (Phi) is 4.80. The minimum atomic E-state index is -1.08. The van der Waals surface area contributed by atoms with Crippen molar-refractivity contribution >= 4 is 11.7 Å². The van der Waals surface area contributed by atoms with Crippen LogP contribution >= 0.6 is 0 Å². The molecule has 104 valence electrons. The molecule has 19 heavy (non-hydrogen) atoms. The average Bonchev–Trinajstić information content (AvgIpc) is 2.39. The second kappa shape index (κ2) is 6.12. The molecule has 1 aromatic rings. The molecule has 0 spiro atoms. The van der Waals surface area contributed by atoms with Gasteiger partial charge in [-0.3, -0.25) is 4.79 Å². The molecule has 0 aliphatic rings. The van der Waals surface area contributed by atoms with Gasteiger partial charge in [0.2, 0.25) is 0 Å². The van der Waals surface area contributed by atoms with Gasteiger partial charge in [0.1, 0.15) is 5.84 Å². The molecular weight excluding hydrogens is 256 g/mol. The van der Waals surface area contributed by atoms with Crippen molar-refractivity contribution in [3.05, 3.63) is 35.4 Å². The average molecular weight is 271 g/mol. The monoisotopic (exact) mass is 271 g/mol. The van der Waals surface area contributed by atoms with Gasteiger partial charge in [-0.05, 0) is 25.1 Å². The van der Waals surface area contributed by atoms with Crippen LogP contribution in [0.15, 0.2) is 23.4 Å². The largest absolute Gasteiger partial charge is 0.409 e. The van der Waals surface area contributed by atoms with Crippen molar-refractivity contribution in [1.82, 2.24) is 4.90 Å². The molecule has 0 aliphatic carbocycles. The van der Waals surface area contributed by atoms with Crippen LogP contribution in [0.4, 0.5) is 8.78 Å². The third-order valence-electron chi connectivity index (χ3n) is 2.78. The highest BCUT2D eigenvalue weighted by Crippen LogP contribution is 2.12. The summed E-state index contributed by atoms with van der Waals surface area (Å²) < 4.78 is 25.8. The third-order valence-corrected chi connectivity index (χ3v) is 2.78. The van der Waals surface area contributed by atoms with E-state index >= 15 is 0 Å². The summed E-state index contributed by atoms with van der Waals surface area (Å²) in [5.74, 6) is -2.58. The number of oxime groups is 1. The van der Waals surface area contributed by atoms with Gasteiger partial charge in [-0.2, -0.15) is 0 Å². The molecule has 0 aromatic heterocycles. The zero-order valence-corrected chi connectivity index (χ0v) is 10.6. The minimum absolute atomic E-state index is 0.0163. The maximum atomic E-state index is 13.1. The van der Waals surface area contributed by atoms with E-state index in [9.17, 15) is 13.6 Å². The van der Waals surface area contributed by atoms with Crippen LogP contribution < -0.4 is 5.73 Å². The number of rotatable bonds is 4. The molecule has 0 fully saturated rings. The Balaban J connectivity index is 2.84. The highest BCUT2D eigenvalue weighted by molar-refractivity contribution is 5.94. The van der Waals surface area contributed by atoms with Gasteiger partial charge in [0.05, 0.1) is 0 Å². The maximum absolute atomic E-state index is 13.1. The van der Waals surface area contributed by atoms with E-state index in [2.05, 4.69) is 5.16 Å². The van der Waals surface area contributed by atoms with Crippen LogP contribution in [0.1, 0.15) is 23.7 Å². The molecule has 1 aromatic carbocycles. The lowest BCUT2D eigenvalue weighted by Crippen LogP contribution is -2.37. The SMILES string of the molecule is CC(C/C(N)=N/O)N(C)C(=O)c1ccc(F)c(F)c1. The zero-order chi connectivity index (χ0) is 14.6. The Bertz CT molecular complexity index is 506. The molecule has 0 bridgehead atoms. The molecule has 5 nitrogen and oxygen atoms in total. The van der Waals surface area contributed by atoms with Crippen molar-refractivity contribution in [2.75, 3.05) is 7.05 Å². The summed E-state index contributed by atoms with van der Waals surface area (Å²) in [5, 5.41) is 11.3. The first kappa shape index (κ1) is 14.9. The van der Waals surface area contributed by atoms with Crippen LogP contribution in [0.3, 0.4) is 0 Å². The highest BCUT2D eigenvalue weighted by Gasteiger charge is 2.19. The zero-order valence-electron chi connectivity index (χ0n) is 10.6. The van der Waals surface area contributed by atoms with E-state index in [-0.39, 0.29) is 23.9 Å². The molecule has 0 saturated heterocycles. The lowest BCUT2D eigenvalue weighted by Gasteiger charge is -2.24. The van der Waals surface area contributed by atoms with E-state index in [1.165, 1.54) is 18.0 Å². The normalized spacial score (nSPS) is 13.2. The first-order chi connectivity index (χ1) is 8.86. The number of carbonyl (C=O) groups excluding carboxylic acids is 1. The van der Waals surface area contributed by atoms with Gasteiger partial charge in [0.25, 0.3) is 5.91 Å². The van der Waals surface area contributed by atoms with E-state index in [1.807, 2.05) is 0 Å². The predicted octanol–water partition coefficient (Wildman–Crippen LogP) is 1.56. The van der Waals surface area contributed by atoms with E-state index in [1.54, 1.807) is 6.92 Å². The third kappa shape index (κ3) is 3.64. The molecule has 0 heterocycles. The Morgan fingerprint density at radius 1 is 1.47 bits per heavy atom. The predicted molar refractivity (Wildman–Crippen MR) is 65.9 cm³/mol. The quantitative estimate of drug-likeness (QED) is 0.377. The van der Waals surface area contributed by atoms with Gasteiger partial charge in [-0.1, -0.05) is 5.16 Å². The molecular formula is C12H15F2N3O2. The molecule has 0 radical (unpaired) electrons. The first-order valence-electron chi connectivity index (χ1n) is 5.55. The van der Waals surface area contributed by atoms with Crippen LogP contribution in [-0.4, -0.2) is 34.9 Å². The summed E-state index contributed by atoms with van der Waals surface area (Å²) in [4.78, 5) is 13.3. The molecule has 3 N–H and O–H groups in total. The summed E-state index contributed by atoms with van der Waals surface area (Å²) in [5.41, 5.74) is 5.38. The van der Waals surface area contributed by atoms with E-state index in [0.29, 0.717) is 0 Å². The van der Waals surface area contributed by atoms with Gasteiger partial charge < -0.3 is 15.8 Å². The molecule has 1 unspecified atom stereocenters. The number of carbonyl (C=O) groups is 1. The number of nitrogens with two attached hydrogens (primary N) is 1. The number of nitrogens with zero attached hydrogens (tertiary/aromatic N) is 2. The molecule has 1 amide bonds. The topological polar surface area (TPSA) is 78.9 Å². The van der Waals surface area contributed by atoms with E-state index in [0.717, 1.165) is 12.1 Å². The highest BCUT2D eigenvalue weighted by atomic mass is 19.2.